The summed E-state index contributed by atoms with van der Waals surface area (Å²) in [6.07, 6.45) is 0. The van der Waals surface area contributed by atoms with E-state index in [1.807, 2.05) is 54.6 Å². The van der Waals surface area contributed by atoms with Gasteiger partial charge in [0, 0.05) is 34.1 Å². The summed E-state index contributed by atoms with van der Waals surface area (Å²) in [7, 11) is 0. The average Bonchev–Trinajstić information content (AvgIpc) is 3.04. The third kappa shape index (κ3) is 5.36. The van der Waals surface area contributed by atoms with Crippen LogP contribution in [0.2, 0.25) is 0 Å². The Bertz CT molecular complexity index is 1630. The van der Waals surface area contributed by atoms with E-state index in [4.69, 9.17) is 0 Å². The highest BCUT2D eigenvalue weighted by atomic mass is 19.1. The highest BCUT2D eigenvalue weighted by Crippen LogP contribution is 2.39. The smallest absolute Gasteiger partial charge is 0.115 e. The van der Waals surface area contributed by atoms with Crippen LogP contribution in [-0.2, 0) is 6.67 Å². The average molecular weight is 521 g/mol. The van der Waals surface area contributed by atoms with Crippen LogP contribution in [0.5, 0.6) is 0 Å². The van der Waals surface area contributed by atoms with E-state index in [2.05, 4.69) is 119 Å². The van der Waals surface area contributed by atoms with Crippen LogP contribution < -0.4 is 9.80 Å². The fourth-order valence-electron chi connectivity index (χ4n) is 4.97. The maximum Gasteiger partial charge on any atom is 0.115 e. The van der Waals surface area contributed by atoms with E-state index in [9.17, 15) is 4.39 Å². The van der Waals surface area contributed by atoms with Gasteiger partial charge in [0.1, 0.15) is 6.67 Å². The SMILES string of the molecule is FCc1ccc(N(c2ccccc2)c2ccc(N(c3ccccc3)c3ccc(-c4ccccc4)cc3)cc2)cc1. The molecule has 0 bridgehead atoms. The molecular weight excluding hydrogens is 491 g/mol. The third-order valence-corrected chi connectivity index (χ3v) is 6.98. The van der Waals surface area contributed by atoms with Crippen LogP contribution in [0.25, 0.3) is 11.1 Å². The molecule has 0 aromatic heterocycles. The van der Waals surface area contributed by atoms with Gasteiger partial charge in [-0.25, -0.2) is 4.39 Å². The topological polar surface area (TPSA) is 6.48 Å². The van der Waals surface area contributed by atoms with Crippen molar-refractivity contribution in [1.29, 1.82) is 0 Å². The van der Waals surface area contributed by atoms with Crippen LogP contribution in [-0.4, -0.2) is 0 Å². The number of rotatable bonds is 8. The number of nitrogens with zero attached hydrogens (tertiary/aromatic N) is 2. The first-order valence-electron chi connectivity index (χ1n) is 13.4. The third-order valence-electron chi connectivity index (χ3n) is 6.98. The molecule has 0 N–H and O–H groups in total. The van der Waals surface area contributed by atoms with Gasteiger partial charge in [-0.3, -0.25) is 0 Å². The zero-order valence-corrected chi connectivity index (χ0v) is 22.1. The molecule has 6 aromatic carbocycles. The van der Waals surface area contributed by atoms with E-state index in [-0.39, 0.29) is 0 Å². The molecule has 0 radical (unpaired) electrons. The minimum Gasteiger partial charge on any atom is -0.311 e. The first-order chi connectivity index (χ1) is 19.8. The molecule has 194 valence electrons. The molecule has 0 saturated carbocycles. The van der Waals surface area contributed by atoms with Crippen molar-refractivity contribution < 1.29 is 4.39 Å². The molecule has 6 rings (SSSR count). The van der Waals surface area contributed by atoms with Gasteiger partial charge in [-0.05, 0) is 89.5 Å². The lowest BCUT2D eigenvalue weighted by Crippen LogP contribution is -2.12. The summed E-state index contributed by atoms with van der Waals surface area (Å²) in [5.41, 5.74) is 9.33. The summed E-state index contributed by atoms with van der Waals surface area (Å²) >= 11 is 0. The fraction of sp³-hybridized carbons (Fsp3) is 0.0270. The largest absolute Gasteiger partial charge is 0.311 e. The second-order valence-corrected chi connectivity index (χ2v) is 9.57. The standard InChI is InChI=1S/C37H29FN2/c38-28-29-16-20-34(21-17-29)39(32-12-6-2-7-13-32)36-24-26-37(27-25-36)40(33-14-8-3-9-15-33)35-22-18-31(19-23-35)30-10-4-1-5-11-30/h1-27H,28H2. The van der Waals surface area contributed by atoms with Crippen LogP contribution in [0, 0.1) is 0 Å². The number of hydrogen-bond donors (Lipinski definition) is 0. The van der Waals surface area contributed by atoms with Gasteiger partial charge < -0.3 is 9.80 Å². The van der Waals surface area contributed by atoms with Gasteiger partial charge in [0.2, 0.25) is 0 Å². The van der Waals surface area contributed by atoms with Gasteiger partial charge >= 0.3 is 0 Å². The Hall–Kier alpha value is -5.15. The summed E-state index contributed by atoms with van der Waals surface area (Å²) in [6, 6.07) is 56.0. The second kappa shape index (κ2) is 11.7. The highest BCUT2D eigenvalue weighted by molar-refractivity contribution is 5.81. The van der Waals surface area contributed by atoms with Crippen LogP contribution in [0.3, 0.4) is 0 Å². The van der Waals surface area contributed by atoms with E-state index in [0.717, 1.165) is 34.1 Å². The molecule has 0 saturated heterocycles. The van der Waals surface area contributed by atoms with E-state index in [0.29, 0.717) is 5.56 Å². The quantitative estimate of drug-likeness (QED) is 0.197. The van der Waals surface area contributed by atoms with Crippen LogP contribution in [0.1, 0.15) is 5.56 Å². The molecule has 0 aliphatic carbocycles. The zero-order valence-electron chi connectivity index (χ0n) is 22.1. The van der Waals surface area contributed by atoms with Gasteiger partial charge in [-0.1, -0.05) is 91.0 Å². The van der Waals surface area contributed by atoms with Gasteiger partial charge in [0.25, 0.3) is 0 Å². The Kier molecular flexibility index (Phi) is 7.36. The summed E-state index contributed by atoms with van der Waals surface area (Å²) in [5.74, 6) is 0. The molecule has 2 nitrogen and oxygen atoms in total. The van der Waals surface area contributed by atoms with Crippen molar-refractivity contribution in [3.8, 4) is 11.1 Å². The number of anilines is 6. The van der Waals surface area contributed by atoms with Crippen LogP contribution >= 0.6 is 0 Å². The van der Waals surface area contributed by atoms with Crippen molar-refractivity contribution in [3.63, 3.8) is 0 Å². The van der Waals surface area contributed by atoms with Crippen molar-refractivity contribution in [2.75, 3.05) is 9.80 Å². The lowest BCUT2D eigenvalue weighted by atomic mass is 10.0. The second-order valence-electron chi connectivity index (χ2n) is 9.57. The van der Waals surface area contributed by atoms with E-state index in [1.54, 1.807) is 0 Å². The maximum absolute atomic E-state index is 13.2. The minimum absolute atomic E-state index is 0.470. The maximum atomic E-state index is 13.2. The van der Waals surface area contributed by atoms with Gasteiger partial charge in [0.05, 0.1) is 0 Å². The predicted molar refractivity (Wildman–Crippen MR) is 166 cm³/mol. The Balaban J connectivity index is 1.38. The monoisotopic (exact) mass is 520 g/mol. The molecule has 0 fully saturated rings. The Labute approximate surface area is 235 Å². The fourth-order valence-corrected chi connectivity index (χ4v) is 4.97. The van der Waals surface area contributed by atoms with Gasteiger partial charge in [-0.15, -0.1) is 0 Å². The summed E-state index contributed by atoms with van der Waals surface area (Å²) in [5, 5.41) is 0. The van der Waals surface area contributed by atoms with E-state index in [1.165, 1.54) is 11.1 Å². The molecule has 0 heterocycles. The lowest BCUT2D eigenvalue weighted by Gasteiger charge is -2.28. The molecule has 40 heavy (non-hydrogen) atoms. The number of halogens is 1. The highest BCUT2D eigenvalue weighted by Gasteiger charge is 2.16. The first-order valence-corrected chi connectivity index (χ1v) is 13.4. The van der Waals surface area contributed by atoms with Crippen molar-refractivity contribution in [3.05, 3.63) is 169 Å². The predicted octanol–water partition coefficient (Wildman–Crippen LogP) is 10.8. The minimum atomic E-state index is -0.470. The molecule has 0 aliphatic rings. The molecule has 0 aliphatic heterocycles. The summed E-state index contributed by atoms with van der Waals surface area (Å²) < 4.78 is 13.2. The Morgan fingerprint density at radius 2 is 0.625 bits per heavy atom. The number of hydrogen-bond acceptors (Lipinski definition) is 2. The molecule has 0 amide bonds. The van der Waals surface area contributed by atoms with Gasteiger partial charge in [0.15, 0.2) is 0 Å². The van der Waals surface area contributed by atoms with Crippen molar-refractivity contribution in [2.24, 2.45) is 0 Å². The molecule has 6 aromatic rings. The molecule has 0 spiro atoms. The van der Waals surface area contributed by atoms with Crippen molar-refractivity contribution in [1.82, 2.24) is 0 Å². The van der Waals surface area contributed by atoms with Crippen molar-refractivity contribution >= 4 is 34.1 Å². The van der Waals surface area contributed by atoms with Crippen molar-refractivity contribution in [2.45, 2.75) is 6.67 Å². The van der Waals surface area contributed by atoms with E-state index < -0.39 is 6.67 Å². The summed E-state index contributed by atoms with van der Waals surface area (Å²) in [4.78, 5) is 4.45. The van der Waals surface area contributed by atoms with Crippen LogP contribution in [0.4, 0.5) is 38.5 Å². The number of alkyl halides is 1. The molecule has 0 unspecified atom stereocenters. The summed E-state index contributed by atoms with van der Waals surface area (Å²) in [6.45, 7) is -0.470. The van der Waals surface area contributed by atoms with Crippen LogP contribution in [0.15, 0.2) is 164 Å². The molecule has 0 atom stereocenters. The van der Waals surface area contributed by atoms with E-state index >= 15 is 0 Å². The number of para-hydroxylation sites is 2. The Morgan fingerprint density at radius 3 is 1.02 bits per heavy atom. The number of benzene rings is 6. The van der Waals surface area contributed by atoms with Gasteiger partial charge in [-0.2, -0.15) is 0 Å². The first kappa shape index (κ1) is 25.1. The zero-order chi connectivity index (χ0) is 27.1. The lowest BCUT2D eigenvalue weighted by molar-refractivity contribution is 0.485. The Morgan fingerprint density at radius 1 is 0.325 bits per heavy atom. The normalized spacial score (nSPS) is 10.7. The molecule has 3 heteroatoms. The molecular formula is C37H29FN2.